The minimum Gasteiger partial charge on any atom is -0.381 e. The summed E-state index contributed by atoms with van der Waals surface area (Å²) in [7, 11) is 0. The van der Waals surface area contributed by atoms with Crippen molar-refractivity contribution in [2.24, 2.45) is 5.92 Å². The van der Waals surface area contributed by atoms with E-state index in [9.17, 15) is 4.79 Å². The van der Waals surface area contributed by atoms with Crippen LogP contribution in [0.4, 0.5) is 0 Å². The second kappa shape index (κ2) is 5.46. The Morgan fingerprint density at radius 1 is 1.38 bits per heavy atom. The molecule has 0 bridgehead atoms. The topological polar surface area (TPSA) is 26.3 Å². The summed E-state index contributed by atoms with van der Waals surface area (Å²) in [4.78, 5) is 12.0. The second-order valence-electron chi connectivity index (χ2n) is 4.19. The highest BCUT2D eigenvalue weighted by atomic mass is 35.5. The number of hydrogen-bond acceptors (Lipinski definition) is 2. The summed E-state index contributed by atoms with van der Waals surface area (Å²) in [6.45, 7) is 1.57. The molecule has 1 aliphatic rings. The highest BCUT2D eigenvalue weighted by molar-refractivity contribution is 6.31. The molecular weight excluding hydrogens is 224 g/mol. The molecule has 0 unspecified atom stereocenters. The Morgan fingerprint density at radius 2 is 2.12 bits per heavy atom. The van der Waals surface area contributed by atoms with Gasteiger partial charge in [-0.15, -0.1) is 0 Å². The van der Waals surface area contributed by atoms with Gasteiger partial charge in [0.2, 0.25) is 0 Å². The third-order valence-corrected chi connectivity index (χ3v) is 3.20. The monoisotopic (exact) mass is 238 g/mol. The van der Waals surface area contributed by atoms with E-state index >= 15 is 0 Å². The van der Waals surface area contributed by atoms with E-state index in [1.165, 1.54) is 0 Å². The van der Waals surface area contributed by atoms with E-state index in [-0.39, 0.29) is 5.78 Å². The van der Waals surface area contributed by atoms with Gasteiger partial charge in [0.15, 0.2) is 5.78 Å². The summed E-state index contributed by atoms with van der Waals surface area (Å²) in [5.41, 5.74) is 0.721. The van der Waals surface area contributed by atoms with Crippen molar-refractivity contribution in [1.29, 1.82) is 0 Å². The van der Waals surface area contributed by atoms with Crippen molar-refractivity contribution < 1.29 is 9.53 Å². The SMILES string of the molecule is O=C(CC1CCOCC1)c1cccc(Cl)c1. The van der Waals surface area contributed by atoms with E-state index in [0.717, 1.165) is 31.6 Å². The van der Waals surface area contributed by atoms with Crippen molar-refractivity contribution in [2.45, 2.75) is 19.3 Å². The number of carbonyl (C=O) groups is 1. The van der Waals surface area contributed by atoms with Crippen LogP contribution in [0.3, 0.4) is 0 Å². The Balaban J connectivity index is 1.97. The van der Waals surface area contributed by atoms with Gasteiger partial charge < -0.3 is 4.74 Å². The fourth-order valence-corrected chi connectivity index (χ4v) is 2.18. The van der Waals surface area contributed by atoms with Gasteiger partial charge in [0.05, 0.1) is 0 Å². The summed E-state index contributed by atoms with van der Waals surface area (Å²) in [5.74, 6) is 0.662. The lowest BCUT2D eigenvalue weighted by atomic mass is 9.92. The number of ketones is 1. The summed E-state index contributed by atoms with van der Waals surface area (Å²) in [5, 5.41) is 0.623. The number of ether oxygens (including phenoxy) is 1. The van der Waals surface area contributed by atoms with Gasteiger partial charge in [-0.25, -0.2) is 0 Å². The summed E-state index contributed by atoms with van der Waals surface area (Å²) >= 11 is 5.86. The molecule has 3 heteroatoms. The van der Waals surface area contributed by atoms with Crippen molar-refractivity contribution in [2.75, 3.05) is 13.2 Å². The minimum absolute atomic E-state index is 0.189. The first kappa shape index (κ1) is 11.6. The molecule has 16 heavy (non-hydrogen) atoms. The molecule has 0 aromatic heterocycles. The van der Waals surface area contributed by atoms with Crippen LogP contribution in [-0.2, 0) is 4.74 Å². The molecule has 0 saturated carbocycles. The lowest BCUT2D eigenvalue weighted by Crippen LogP contribution is -2.18. The average molecular weight is 239 g/mol. The van der Waals surface area contributed by atoms with E-state index in [1.807, 2.05) is 12.1 Å². The third-order valence-electron chi connectivity index (χ3n) is 2.96. The largest absolute Gasteiger partial charge is 0.381 e. The Morgan fingerprint density at radius 3 is 2.81 bits per heavy atom. The van der Waals surface area contributed by atoms with Crippen LogP contribution in [-0.4, -0.2) is 19.0 Å². The van der Waals surface area contributed by atoms with Crippen LogP contribution >= 0.6 is 11.6 Å². The van der Waals surface area contributed by atoms with Crippen LogP contribution in [0.2, 0.25) is 5.02 Å². The maximum atomic E-state index is 12.0. The molecule has 1 aromatic carbocycles. The third kappa shape index (κ3) is 3.06. The molecule has 0 spiro atoms. The van der Waals surface area contributed by atoms with Crippen molar-refractivity contribution in [3.05, 3.63) is 34.9 Å². The predicted octanol–water partition coefficient (Wildman–Crippen LogP) is 3.34. The van der Waals surface area contributed by atoms with Gasteiger partial charge in [0.25, 0.3) is 0 Å². The van der Waals surface area contributed by atoms with E-state index in [4.69, 9.17) is 16.3 Å². The first-order valence-corrected chi connectivity index (χ1v) is 6.00. The molecule has 0 amide bonds. The van der Waals surface area contributed by atoms with Crippen LogP contribution in [0.5, 0.6) is 0 Å². The van der Waals surface area contributed by atoms with Crippen LogP contribution < -0.4 is 0 Å². The van der Waals surface area contributed by atoms with Crippen molar-refractivity contribution in [1.82, 2.24) is 0 Å². The minimum atomic E-state index is 0.189. The molecule has 1 fully saturated rings. The molecule has 2 nitrogen and oxygen atoms in total. The Labute approximate surface area is 101 Å². The summed E-state index contributed by atoms with van der Waals surface area (Å²) < 4.78 is 5.27. The van der Waals surface area contributed by atoms with Crippen LogP contribution in [0.1, 0.15) is 29.6 Å². The molecule has 0 radical (unpaired) electrons. The first-order chi connectivity index (χ1) is 7.75. The molecule has 1 saturated heterocycles. The van der Waals surface area contributed by atoms with Crippen molar-refractivity contribution in [3.8, 4) is 0 Å². The van der Waals surface area contributed by atoms with Gasteiger partial charge in [-0.1, -0.05) is 23.7 Å². The molecule has 86 valence electrons. The molecule has 0 aliphatic carbocycles. The van der Waals surface area contributed by atoms with Gasteiger partial charge in [0, 0.05) is 30.2 Å². The number of carbonyl (C=O) groups excluding carboxylic acids is 1. The van der Waals surface area contributed by atoms with Gasteiger partial charge in [-0.05, 0) is 30.9 Å². The van der Waals surface area contributed by atoms with Gasteiger partial charge >= 0.3 is 0 Å². The number of Topliss-reactive ketones (excluding diaryl/α,β-unsaturated/α-hetero) is 1. The van der Waals surface area contributed by atoms with Crippen LogP contribution in [0.25, 0.3) is 0 Å². The molecular formula is C13H15ClO2. The smallest absolute Gasteiger partial charge is 0.163 e. The molecule has 0 atom stereocenters. The molecule has 1 heterocycles. The van der Waals surface area contributed by atoms with Crippen LogP contribution in [0.15, 0.2) is 24.3 Å². The van der Waals surface area contributed by atoms with Gasteiger partial charge in [0.1, 0.15) is 0 Å². The zero-order valence-corrected chi connectivity index (χ0v) is 9.87. The quantitative estimate of drug-likeness (QED) is 0.755. The zero-order chi connectivity index (χ0) is 11.4. The molecule has 0 N–H and O–H groups in total. The Kier molecular flexibility index (Phi) is 3.97. The van der Waals surface area contributed by atoms with Crippen molar-refractivity contribution in [3.63, 3.8) is 0 Å². The maximum absolute atomic E-state index is 12.0. The van der Waals surface area contributed by atoms with Crippen molar-refractivity contribution >= 4 is 17.4 Å². The standard InChI is InChI=1S/C13H15ClO2/c14-12-3-1-2-11(9-12)13(15)8-10-4-6-16-7-5-10/h1-3,9-10H,4-8H2. The number of rotatable bonds is 3. The van der Waals surface area contributed by atoms with E-state index in [0.29, 0.717) is 17.4 Å². The first-order valence-electron chi connectivity index (χ1n) is 5.62. The highest BCUT2D eigenvalue weighted by Gasteiger charge is 2.18. The Hall–Kier alpha value is -0.860. The number of benzene rings is 1. The summed E-state index contributed by atoms with van der Waals surface area (Å²) in [6.07, 6.45) is 2.60. The molecule has 1 aromatic rings. The van der Waals surface area contributed by atoms with Gasteiger partial charge in [-0.3, -0.25) is 4.79 Å². The lowest BCUT2D eigenvalue weighted by Gasteiger charge is -2.21. The lowest BCUT2D eigenvalue weighted by molar-refractivity contribution is 0.0601. The second-order valence-corrected chi connectivity index (χ2v) is 4.63. The number of hydrogen-bond donors (Lipinski definition) is 0. The van der Waals surface area contributed by atoms with E-state index in [2.05, 4.69) is 0 Å². The maximum Gasteiger partial charge on any atom is 0.163 e. The van der Waals surface area contributed by atoms with Gasteiger partial charge in [-0.2, -0.15) is 0 Å². The summed E-state index contributed by atoms with van der Waals surface area (Å²) in [6, 6.07) is 7.17. The molecule has 2 rings (SSSR count). The normalized spacial score (nSPS) is 17.3. The zero-order valence-electron chi connectivity index (χ0n) is 9.12. The van der Waals surface area contributed by atoms with Crippen LogP contribution in [0, 0.1) is 5.92 Å². The predicted molar refractivity (Wildman–Crippen MR) is 63.9 cm³/mol. The highest BCUT2D eigenvalue weighted by Crippen LogP contribution is 2.21. The fraction of sp³-hybridized carbons (Fsp3) is 0.462. The number of halogens is 1. The molecule has 1 aliphatic heterocycles. The fourth-order valence-electron chi connectivity index (χ4n) is 1.99. The Bertz CT molecular complexity index is 370. The average Bonchev–Trinajstić information content (AvgIpc) is 2.30. The van der Waals surface area contributed by atoms with E-state index < -0.39 is 0 Å². The van der Waals surface area contributed by atoms with E-state index in [1.54, 1.807) is 12.1 Å².